The van der Waals surface area contributed by atoms with Crippen molar-refractivity contribution in [2.45, 2.75) is 13.3 Å². The molecule has 0 spiro atoms. The van der Waals surface area contributed by atoms with Gasteiger partial charge in [0.1, 0.15) is 6.33 Å². The highest BCUT2D eigenvalue weighted by molar-refractivity contribution is 5.99. The summed E-state index contributed by atoms with van der Waals surface area (Å²) in [4.78, 5) is 34.1. The van der Waals surface area contributed by atoms with Gasteiger partial charge in [-0.05, 0) is 12.3 Å². The van der Waals surface area contributed by atoms with Crippen molar-refractivity contribution in [3.8, 4) is 11.3 Å². The number of hydrogen-bond donors (Lipinski definition) is 1. The summed E-state index contributed by atoms with van der Waals surface area (Å²) in [6.45, 7) is 2.74. The van der Waals surface area contributed by atoms with Gasteiger partial charge in [0.05, 0.1) is 17.2 Å². The molecule has 2 atom stereocenters. The number of nitrogens with zero attached hydrogens (tertiary/aromatic N) is 3. The van der Waals surface area contributed by atoms with Crippen LogP contribution in [0.1, 0.15) is 23.7 Å². The smallest absolute Gasteiger partial charge is 0.306 e. The van der Waals surface area contributed by atoms with Crippen molar-refractivity contribution in [2.75, 3.05) is 13.1 Å². The molecule has 1 aromatic carbocycles. The van der Waals surface area contributed by atoms with Crippen LogP contribution in [0.4, 0.5) is 0 Å². The summed E-state index contributed by atoms with van der Waals surface area (Å²) in [5, 5.41) is 9.22. The average molecular weight is 325 g/mol. The van der Waals surface area contributed by atoms with Crippen LogP contribution < -0.4 is 0 Å². The molecule has 1 saturated heterocycles. The third-order valence-corrected chi connectivity index (χ3v) is 4.50. The topological polar surface area (TPSA) is 83.4 Å². The Morgan fingerprint density at radius 1 is 1.25 bits per heavy atom. The molecule has 0 bridgehead atoms. The molecule has 124 valence electrons. The molecule has 6 heteroatoms. The van der Waals surface area contributed by atoms with E-state index in [4.69, 9.17) is 0 Å². The van der Waals surface area contributed by atoms with E-state index in [1.165, 1.54) is 12.5 Å². The number of benzene rings is 1. The van der Waals surface area contributed by atoms with Crippen molar-refractivity contribution in [1.82, 2.24) is 14.9 Å². The fourth-order valence-corrected chi connectivity index (χ4v) is 3.18. The Hall–Kier alpha value is -2.76. The van der Waals surface area contributed by atoms with Gasteiger partial charge in [-0.25, -0.2) is 9.97 Å². The lowest BCUT2D eigenvalue weighted by Crippen LogP contribution is -2.45. The van der Waals surface area contributed by atoms with E-state index in [1.807, 2.05) is 37.3 Å². The van der Waals surface area contributed by atoms with Crippen LogP contribution in [0.25, 0.3) is 11.3 Å². The highest BCUT2D eigenvalue weighted by Crippen LogP contribution is 2.27. The monoisotopic (exact) mass is 325 g/mol. The van der Waals surface area contributed by atoms with E-state index >= 15 is 0 Å². The van der Waals surface area contributed by atoms with Crippen LogP contribution in [0, 0.1) is 11.8 Å². The SMILES string of the molecule is CC1CN(C(=O)c2cncnc2-c2ccccc2)CCC1C(=O)O. The van der Waals surface area contributed by atoms with Crippen molar-refractivity contribution in [2.24, 2.45) is 11.8 Å². The number of aliphatic carboxylic acids is 1. The molecule has 1 aromatic heterocycles. The molecule has 1 amide bonds. The van der Waals surface area contributed by atoms with Crippen molar-refractivity contribution in [1.29, 1.82) is 0 Å². The number of likely N-dealkylation sites (tertiary alicyclic amines) is 1. The van der Waals surface area contributed by atoms with Gasteiger partial charge in [-0.3, -0.25) is 9.59 Å². The number of carboxylic acids is 1. The highest BCUT2D eigenvalue weighted by atomic mass is 16.4. The third-order valence-electron chi connectivity index (χ3n) is 4.50. The first kappa shape index (κ1) is 16.1. The minimum absolute atomic E-state index is 0.0787. The fourth-order valence-electron chi connectivity index (χ4n) is 3.18. The van der Waals surface area contributed by atoms with E-state index < -0.39 is 11.9 Å². The van der Waals surface area contributed by atoms with Gasteiger partial charge in [0.2, 0.25) is 0 Å². The molecule has 2 aromatic rings. The van der Waals surface area contributed by atoms with E-state index in [2.05, 4.69) is 9.97 Å². The Labute approximate surface area is 140 Å². The fraction of sp³-hybridized carbons (Fsp3) is 0.333. The Kier molecular flexibility index (Phi) is 4.55. The van der Waals surface area contributed by atoms with Gasteiger partial charge in [-0.1, -0.05) is 37.3 Å². The maximum Gasteiger partial charge on any atom is 0.306 e. The van der Waals surface area contributed by atoms with Gasteiger partial charge in [0, 0.05) is 24.8 Å². The Balaban J connectivity index is 1.86. The Morgan fingerprint density at radius 3 is 2.67 bits per heavy atom. The lowest BCUT2D eigenvalue weighted by atomic mass is 9.86. The molecular formula is C18H19N3O3. The summed E-state index contributed by atoms with van der Waals surface area (Å²) in [5.41, 5.74) is 1.91. The highest BCUT2D eigenvalue weighted by Gasteiger charge is 2.34. The number of rotatable bonds is 3. The predicted octanol–water partition coefficient (Wildman–Crippen LogP) is 2.33. The van der Waals surface area contributed by atoms with E-state index in [0.29, 0.717) is 30.8 Å². The lowest BCUT2D eigenvalue weighted by molar-refractivity contribution is -0.145. The summed E-state index contributed by atoms with van der Waals surface area (Å²) in [6.07, 6.45) is 3.43. The molecule has 1 aliphatic rings. The molecule has 0 aliphatic carbocycles. The van der Waals surface area contributed by atoms with Crippen LogP contribution in [0.5, 0.6) is 0 Å². The van der Waals surface area contributed by atoms with Crippen LogP contribution in [0.3, 0.4) is 0 Å². The molecule has 6 nitrogen and oxygen atoms in total. The number of aromatic nitrogens is 2. The van der Waals surface area contributed by atoms with E-state index in [0.717, 1.165) is 5.56 Å². The van der Waals surface area contributed by atoms with Crippen LogP contribution in [-0.4, -0.2) is 44.9 Å². The van der Waals surface area contributed by atoms with Gasteiger partial charge in [-0.15, -0.1) is 0 Å². The quantitative estimate of drug-likeness (QED) is 0.936. The second kappa shape index (κ2) is 6.78. The molecule has 1 fully saturated rings. The third kappa shape index (κ3) is 3.13. The molecule has 2 unspecified atom stereocenters. The van der Waals surface area contributed by atoms with E-state index in [9.17, 15) is 14.7 Å². The van der Waals surface area contributed by atoms with Crippen molar-refractivity contribution >= 4 is 11.9 Å². The number of carbonyl (C=O) groups excluding carboxylic acids is 1. The van der Waals surface area contributed by atoms with Gasteiger partial charge in [0.15, 0.2) is 0 Å². The Bertz CT molecular complexity index is 748. The molecule has 0 saturated carbocycles. The van der Waals surface area contributed by atoms with E-state index in [-0.39, 0.29) is 11.8 Å². The predicted molar refractivity (Wildman–Crippen MR) is 88.3 cm³/mol. The molecule has 1 aliphatic heterocycles. The summed E-state index contributed by atoms with van der Waals surface area (Å²) in [7, 11) is 0. The zero-order chi connectivity index (χ0) is 17.1. The molecule has 24 heavy (non-hydrogen) atoms. The maximum atomic E-state index is 12.9. The average Bonchev–Trinajstić information content (AvgIpc) is 2.61. The molecule has 1 N–H and O–H groups in total. The summed E-state index contributed by atoms with van der Waals surface area (Å²) in [6, 6.07) is 9.50. The first-order valence-corrected chi connectivity index (χ1v) is 7.95. The van der Waals surface area contributed by atoms with Crippen LogP contribution in [-0.2, 0) is 4.79 Å². The lowest BCUT2D eigenvalue weighted by Gasteiger charge is -2.35. The van der Waals surface area contributed by atoms with Crippen molar-refractivity contribution < 1.29 is 14.7 Å². The largest absolute Gasteiger partial charge is 0.481 e. The zero-order valence-corrected chi connectivity index (χ0v) is 13.4. The second-order valence-corrected chi connectivity index (χ2v) is 6.11. The van der Waals surface area contributed by atoms with E-state index in [1.54, 1.807) is 4.90 Å². The van der Waals surface area contributed by atoms with Gasteiger partial charge >= 0.3 is 5.97 Å². The zero-order valence-electron chi connectivity index (χ0n) is 13.4. The number of piperidine rings is 1. The molecule has 3 rings (SSSR count). The number of amides is 1. The molecular weight excluding hydrogens is 306 g/mol. The van der Waals surface area contributed by atoms with Gasteiger partial charge in [-0.2, -0.15) is 0 Å². The van der Waals surface area contributed by atoms with Crippen LogP contribution in [0.2, 0.25) is 0 Å². The number of carbonyl (C=O) groups is 2. The first-order chi connectivity index (χ1) is 11.6. The Morgan fingerprint density at radius 2 is 2.00 bits per heavy atom. The summed E-state index contributed by atoms with van der Waals surface area (Å²) >= 11 is 0. The normalized spacial score (nSPS) is 20.6. The van der Waals surface area contributed by atoms with Crippen molar-refractivity contribution in [3.05, 3.63) is 48.4 Å². The molecule has 2 heterocycles. The van der Waals surface area contributed by atoms with Crippen molar-refractivity contribution in [3.63, 3.8) is 0 Å². The van der Waals surface area contributed by atoms with Crippen LogP contribution in [0.15, 0.2) is 42.9 Å². The first-order valence-electron chi connectivity index (χ1n) is 7.95. The number of hydrogen-bond acceptors (Lipinski definition) is 4. The van der Waals surface area contributed by atoms with Gasteiger partial charge in [0.25, 0.3) is 5.91 Å². The summed E-state index contributed by atoms with van der Waals surface area (Å²) < 4.78 is 0. The van der Waals surface area contributed by atoms with Gasteiger partial charge < -0.3 is 10.0 Å². The minimum Gasteiger partial charge on any atom is -0.481 e. The molecule has 0 radical (unpaired) electrons. The minimum atomic E-state index is -0.789. The maximum absolute atomic E-state index is 12.9. The standard InChI is InChI=1S/C18H19N3O3/c1-12-10-21(8-7-14(12)18(23)24)17(22)15-9-19-11-20-16(15)13-5-3-2-4-6-13/h2-6,9,11-12,14H,7-8,10H2,1H3,(H,23,24). The van der Waals surface area contributed by atoms with Crippen LogP contribution >= 0.6 is 0 Å². The second-order valence-electron chi connectivity index (χ2n) is 6.11. The number of carboxylic acid groups (broad SMARTS) is 1. The summed E-state index contributed by atoms with van der Waals surface area (Å²) in [5.74, 6) is -1.41.